The van der Waals surface area contributed by atoms with Gasteiger partial charge in [-0.2, -0.15) is 0 Å². The van der Waals surface area contributed by atoms with Gasteiger partial charge in [-0.3, -0.25) is 4.79 Å². The van der Waals surface area contributed by atoms with Gasteiger partial charge in [-0.05, 0) is 56.7 Å². The van der Waals surface area contributed by atoms with Crippen molar-refractivity contribution in [2.24, 2.45) is 5.92 Å². The summed E-state index contributed by atoms with van der Waals surface area (Å²) in [6, 6.07) is 5.66. The highest BCUT2D eigenvalue weighted by atomic mass is 35.5. The molecule has 1 amide bonds. The molecule has 1 saturated carbocycles. The van der Waals surface area contributed by atoms with E-state index in [2.05, 4.69) is 9.62 Å². The van der Waals surface area contributed by atoms with Crippen LogP contribution >= 0.6 is 58.6 Å². The summed E-state index contributed by atoms with van der Waals surface area (Å²) in [6.07, 6.45) is 6.26. The second-order valence-corrected chi connectivity index (χ2v) is 13.1. The van der Waals surface area contributed by atoms with Crippen molar-refractivity contribution in [1.29, 1.82) is 0 Å². The molecule has 0 bridgehead atoms. The summed E-state index contributed by atoms with van der Waals surface area (Å²) in [5, 5.41) is 1.18. The first kappa shape index (κ1) is 28.1. The van der Waals surface area contributed by atoms with E-state index in [4.69, 9.17) is 63.4 Å². The minimum Gasteiger partial charge on any atom is -0.490 e. The minimum absolute atomic E-state index is 0.0649. The highest BCUT2D eigenvalue weighted by Gasteiger charge is 2.34. The van der Waals surface area contributed by atoms with Gasteiger partial charge in [0, 0.05) is 47.4 Å². The Morgan fingerprint density at radius 3 is 2.31 bits per heavy atom. The first-order valence-electron chi connectivity index (χ1n) is 11.7. The fourth-order valence-electron chi connectivity index (χ4n) is 4.90. The molecule has 1 aliphatic heterocycles. The van der Waals surface area contributed by atoms with E-state index in [1.807, 2.05) is 6.07 Å². The zero-order valence-corrected chi connectivity index (χ0v) is 24.0. The van der Waals surface area contributed by atoms with Gasteiger partial charge in [0.15, 0.2) is 0 Å². The van der Waals surface area contributed by atoms with Gasteiger partial charge in [0.05, 0.1) is 15.1 Å². The van der Waals surface area contributed by atoms with Crippen LogP contribution in [0.25, 0.3) is 0 Å². The number of nitrogens with one attached hydrogen (secondary N) is 1. The molecule has 36 heavy (non-hydrogen) atoms. The number of rotatable bonds is 6. The monoisotopic (exact) mass is 610 g/mol. The summed E-state index contributed by atoms with van der Waals surface area (Å²) in [6.45, 7) is 1.81. The van der Waals surface area contributed by atoms with Gasteiger partial charge in [-0.1, -0.05) is 58.6 Å². The Morgan fingerprint density at radius 2 is 1.67 bits per heavy atom. The molecule has 1 aromatic carbocycles. The minimum atomic E-state index is -4.16. The Bertz CT molecular complexity index is 1200. The van der Waals surface area contributed by atoms with E-state index >= 15 is 0 Å². The zero-order valence-electron chi connectivity index (χ0n) is 19.3. The van der Waals surface area contributed by atoms with Crippen LogP contribution in [0.15, 0.2) is 39.2 Å². The summed E-state index contributed by atoms with van der Waals surface area (Å²) in [5.74, 6) is -0.171. The number of thiocarbonyl (C=S) groups is 1. The van der Waals surface area contributed by atoms with Gasteiger partial charge >= 0.3 is 0 Å². The Morgan fingerprint density at radius 1 is 1.00 bits per heavy atom. The van der Waals surface area contributed by atoms with Crippen LogP contribution in [0.1, 0.15) is 44.9 Å². The molecule has 4 rings (SSSR count). The van der Waals surface area contributed by atoms with Crippen molar-refractivity contribution in [2.75, 3.05) is 13.1 Å². The van der Waals surface area contributed by atoms with Crippen molar-refractivity contribution in [3.63, 3.8) is 0 Å². The molecule has 196 valence electrons. The molecule has 1 N–H and O–H groups in total. The van der Waals surface area contributed by atoms with Crippen molar-refractivity contribution in [1.82, 2.24) is 9.62 Å². The fraction of sp³-hybridized carbons (Fsp3) is 0.500. The van der Waals surface area contributed by atoms with E-state index in [1.54, 1.807) is 12.1 Å². The Hall–Kier alpha value is -0.870. The number of carbonyl (C=O) groups excluding carboxylic acids is 1. The molecule has 1 saturated heterocycles. The second kappa shape index (κ2) is 11.9. The number of allylic oxidation sites excluding steroid dienone is 3. The second-order valence-electron chi connectivity index (χ2n) is 9.27. The number of nitrogens with zero attached hydrogens (tertiary/aromatic N) is 1. The molecule has 2 aliphatic carbocycles. The van der Waals surface area contributed by atoms with Crippen molar-refractivity contribution >= 4 is 79.4 Å². The third kappa shape index (κ3) is 6.76. The molecule has 0 radical (unpaired) electrons. The highest BCUT2D eigenvalue weighted by molar-refractivity contribution is 7.94. The van der Waals surface area contributed by atoms with E-state index in [0.717, 1.165) is 38.8 Å². The number of hydrogen-bond acceptors (Lipinski definition) is 6. The number of amides is 1. The number of benzene rings is 1. The number of halogens is 4. The van der Waals surface area contributed by atoms with Gasteiger partial charge in [0.1, 0.15) is 16.8 Å². The molecule has 1 aromatic rings. The Balaban J connectivity index is 1.25. The first-order valence-corrected chi connectivity index (χ1v) is 15.2. The van der Waals surface area contributed by atoms with Gasteiger partial charge in [-0.25, -0.2) is 13.1 Å². The van der Waals surface area contributed by atoms with Gasteiger partial charge < -0.3 is 9.64 Å². The van der Waals surface area contributed by atoms with Gasteiger partial charge in [0.2, 0.25) is 5.91 Å². The lowest BCUT2D eigenvalue weighted by Gasteiger charge is -2.40. The lowest BCUT2D eigenvalue weighted by molar-refractivity contribution is -0.124. The molecule has 0 unspecified atom stereocenters. The number of sulfonamides is 1. The smallest absolute Gasteiger partial charge is 0.265 e. The molecule has 6 nitrogen and oxygen atoms in total. The SMILES string of the molecule is O=C(NS(=O)(=O)C1=C(Cl)C(=S)CC(Cl)=C1)C1CCC(N2CCC(Oc3ccc(Cl)c(Cl)c3)CC2)CC1. The Kier molecular flexibility index (Phi) is 9.30. The van der Waals surface area contributed by atoms with Crippen LogP contribution < -0.4 is 9.46 Å². The van der Waals surface area contributed by atoms with Gasteiger partial charge in [-0.15, -0.1) is 0 Å². The maximum Gasteiger partial charge on any atom is 0.265 e. The molecule has 0 aromatic heterocycles. The quantitative estimate of drug-likeness (QED) is 0.387. The fourth-order valence-corrected chi connectivity index (χ4v) is 7.52. The number of hydrogen-bond donors (Lipinski definition) is 1. The number of piperidine rings is 1. The Labute approximate surface area is 237 Å². The van der Waals surface area contributed by atoms with Crippen molar-refractivity contribution in [3.8, 4) is 5.75 Å². The average Bonchev–Trinajstić information content (AvgIpc) is 2.84. The van der Waals surface area contributed by atoms with Crippen molar-refractivity contribution in [2.45, 2.75) is 57.1 Å². The summed E-state index contributed by atoms with van der Waals surface area (Å²) in [5.41, 5.74) is 0. The molecular formula is C24H26Cl4N2O4S2. The summed E-state index contributed by atoms with van der Waals surface area (Å²) in [4.78, 5) is 15.2. The van der Waals surface area contributed by atoms with Crippen LogP contribution in [0.2, 0.25) is 10.0 Å². The third-order valence-corrected chi connectivity index (χ3v) is 10.2. The summed E-state index contributed by atoms with van der Waals surface area (Å²) >= 11 is 29.3. The lowest BCUT2D eigenvalue weighted by Crippen LogP contribution is -2.47. The average molecular weight is 612 g/mol. The molecule has 0 spiro atoms. The molecule has 12 heteroatoms. The van der Waals surface area contributed by atoms with Crippen LogP contribution in [-0.4, -0.2) is 49.3 Å². The molecular weight excluding hydrogens is 586 g/mol. The molecule has 3 aliphatic rings. The van der Waals surface area contributed by atoms with Crippen molar-refractivity contribution in [3.05, 3.63) is 49.3 Å². The van der Waals surface area contributed by atoms with E-state index in [0.29, 0.717) is 34.7 Å². The standard InChI is InChI=1S/C24H26Cl4N2O4S2/c25-15-11-21(35)23(28)22(12-15)36(32,33)29-24(31)14-1-3-16(4-2-14)30-9-7-17(8-10-30)34-18-5-6-19(26)20(27)13-18/h5-6,12-14,16-17H,1-4,7-11H2,(H,29,31). The third-order valence-electron chi connectivity index (χ3n) is 6.86. The maximum atomic E-state index is 12.8. The summed E-state index contributed by atoms with van der Waals surface area (Å²) < 4.78 is 33.8. The van der Waals surface area contributed by atoms with E-state index in [-0.39, 0.29) is 38.3 Å². The van der Waals surface area contributed by atoms with Crippen LogP contribution in [0.5, 0.6) is 5.75 Å². The van der Waals surface area contributed by atoms with Crippen molar-refractivity contribution < 1.29 is 17.9 Å². The largest absolute Gasteiger partial charge is 0.490 e. The first-order chi connectivity index (χ1) is 17.0. The van der Waals surface area contributed by atoms with Crippen LogP contribution in [-0.2, 0) is 14.8 Å². The number of carbonyl (C=O) groups is 1. The highest BCUT2D eigenvalue weighted by Crippen LogP contribution is 2.33. The molecule has 2 fully saturated rings. The lowest BCUT2D eigenvalue weighted by atomic mass is 9.84. The van der Waals surface area contributed by atoms with Crippen LogP contribution in [0, 0.1) is 5.92 Å². The van der Waals surface area contributed by atoms with E-state index < -0.39 is 15.9 Å². The topological polar surface area (TPSA) is 75.7 Å². The predicted octanol–water partition coefficient (Wildman–Crippen LogP) is 6.19. The number of ether oxygens (including phenoxy) is 1. The zero-order chi connectivity index (χ0) is 26.0. The normalized spacial score (nSPS) is 24.4. The van der Waals surface area contributed by atoms with E-state index in [9.17, 15) is 13.2 Å². The van der Waals surface area contributed by atoms with Crippen LogP contribution in [0.4, 0.5) is 0 Å². The van der Waals surface area contributed by atoms with E-state index in [1.165, 1.54) is 6.08 Å². The summed E-state index contributed by atoms with van der Waals surface area (Å²) in [7, 11) is -4.16. The van der Waals surface area contributed by atoms with Crippen LogP contribution in [0.3, 0.4) is 0 Å². The molecule has 1 heterocycles. The number of likely N-dealkylation sites (tertiary alicyclic amines) is 1. The predicted molar refractivity (Wildman–Crippen MR) is 149 cm³/mol. The maximum absolute atomic E-state index is 12.8. The molecule has 0 atom stereocenters. The van der Waals surface area contributed by atoms with Gasteiger partial charge in [0.25, 0.3) is 10.0 Å².